The molecule has 1 aromatic rings. The highest BCUT2D eigenvalue weighted by molar-refractivity contribution is 6.18. The van der Waals surface area contributed by atoms with Gasteiger partial charge in [0.2, 0.25) is 0 Å². The van der Waals surface area contributed by atoms with Gasteiger partial charge in [0.1, 0.15) is 17.7 Å². The van der Waals surface area contributed by atoms with E-state index >= 15 is 0 Å². The summed E-state index contributed by atoms with van der Waals surface area (Å²) >= 11 is 5.44. The maximum absolute atomic E-state index is 11.5. The topological polar surface area (TPSA) is 88.7 Å². The van der Waals surface area contributed by atoms with Crippen molar-refractivity contribution in [3.63, 3.8) is 0 Å². The lowest BCUT2D eigenvalue weighted by molar-refractivity contribution is -0.117. The van der Waals surface area contributed by atoms with Crippen LogP contribution in [0.15, 0.2) is 36.0 Å². The van der Waals surface area contributed by atoms with Crippen molar-refractivity contribution in [1.82, 2.24) is 5.32 Å². The second-order valence-corrected chi connectivity index (χ2v) is 3.79. The van der Waals surface area contributed by atoms with E-state index in [0.29, 0.717) is 11.3 Å². The van der Waals surface area contributed by atoms with Crippen molar-refractivity contribution in [1.29, 1.82) is 10.5 Å². The van der Waals surface area contributed by atoms with E-state index < -0.39 is 5.91 Å². The van der Waals surface area contributed by atoms with Gasteiger partial charge in [-0.25, -0.2) is 0 Å². The van der Waals surface area contributed by atoms with Crippen LogP contribution in [0.4, 0.5) is 5.69 Å². The van der Waals surface area contributed by atoms with Gasteiger partial charge in [-0.3, -0.25) is 4.79 Å². The predicted octanol–water partition coefficient (Wildman–Crippen LogP) is 1.73. The van der Waals surface area contributed by atoms with Crippen molar-refractivity contribution in [2.75, 3.05) is 17.7 Å². The zero-order valence-corrected chi connectivity index (χ0v) is 10.7. The SMILES string of the molecule is N#C/C(=C/Nc1ccccc1C#N)C(=O)NCCCl. The molecule has 0 heterocycles. The first-order valence-electron chi connectivity index (χ1n) is 5.43. The number of amides is 1. The fraction of sp³-hybridized carbons (Fsp3) is 0.154. The molecule has 0 aromatic heterocycles. The molecule has 19 heavy (non-hydrogen) atoms. The van der Waals surface area contributed by atoms with Gasteiger partial charge in [0.15, 0.2) is 0 Å². The van der Waals surface area contributed by atoms with Crippen LogP contribution in [0.2, 0.25) is 0 Å². The quantitative estimate of drug-likeness (QED) is 0.486. The third-order valence-corrected chi connectivity index (χ3v) is 2.35. The van der Waals surface area contributed by atoms with Gasteiger partial charge in [-0.2, -0.15) is 10.5 Å². The van der Waals surface area contributed by atoms with E-state index in [0.717, 1.165) is 0 Å². The normalized spacial score (nSPS) is 10.2. The van der Waals surface area contributed by atoms with Crippen molar-refractivity contribution in [2.24, 2.45) is 0 Å². The van der Waals surface area contributed by atoms with Crippen LogP contribution < -0.4 is 10.6 Å². The van der Waals surface area contributed by atoms with Gasteiger partial charge in [-0.15, -0.1) is 11.6 Å². The molecule has 96 valence electrons. The largest absolute Gasteiger partial charge is 0.359 e. The predicted molar refractivity (Wildman–Crippen MR) is 72.2 cm³/mol. The summed E-state index contributed by atoms with van der Waals surface area (Å²) in [5.74, 6) is -0.236. The lowest BCUT2D eigenvalue weighted by atomic mass is 10.2. The van der Waals surface area contributed by atoms with Gasteiger partial charge in [0.05, 0.1) is 11.3 Å². The summed E-state index contributed by atoms with van der Waals surface area (Å²) in [5, 5.41) is 23.0. The summed E-state index contributed by atoms with van der Waals surface area (Å²) in [6.45, 7) is 0.286. The second-order valence-electron chi connectivity index (χ2n) is 3.42. The van der Waals surface area contributed by atoms with Crippen molar-refractivity contribution in [3.8, 4) is 12.1 Å². The number of nitrogens with zero attached hydrogens (tertiary/aromatic N) is 2. The van der Waals surface area contributed by atoms with Crippen LogP contribution in [0.1, 0.15) is 5.56 Å². The number of hydrogen-bond donors (Lipinski definition) is 2. The highest BCUT2D eigenvalue weighted by atomic mass is 35.5. The zero-order valence-electron chi connectivity index (χ0n) is 9.98. The molecule has 0 aliphatic carbocycles. The maximum atomic E-state index is 11.5. The zero-order chi connectivity index (χ0) is 14.1. The first-order valence-corrected chi connectivity index (χ1v) is 5.96. The monoisotopic (exact) mass is 274 g/mol. The molecular weight excluding hydrogens is 264 g/mol. The molecule has 1 aromatic carbocycles. The van der Waals surface area contributed by atoms with Gasteiger partial charge in [0.25, 0.3) is 5.91 Å². The molecule has 1 amide bonds. The number of carbonyl (C=O) groups excluding carboxylic acids is 1. The molecule has 6 heteroatoms. The van der Waals surface area contributed by atoms with Gasteiger partial charge in [-0.05, 0) is 12.1 Å². The number of para-hydroxylation sites is 1. The first-order chi connectivity index (χ1) is 9.22. The molecule has 0 saturated carbocycles. The Labute approximate surface area is 116 Å². The fourth-order valence-corrected chi connectivity index (χ4v) is 1.36. The van der Waals surface area contributed by atoms with Crippen LogP contribution in [0.3, 0.4) is 0 Å². The summed E-state index contributed by atoms with van der Waals surface area (Å²) < 4.78 is 0. The van der Waals surface area contributed by atoms with E-state index in [1.54, 1.807) is 30.3 Å². The van der Waals surface area contributed by atoms with E-state index in [9.17, 15) is 4.79 Å². The van der Waals surface area contributed by atoms with Crippen LogP contribution >= 0.6 is 11.6 Å². The fourth-order valence-electron chi connectivity index (χ4n) is 1.26. The van der Waals surface area contributed by atoms with Gasteiger partial charge in [-0.1, -0.05) is 12.1 Å². The molecule has 0 fully saturated rings. The molecule has 1 rings (SSSR count). The van der Waals surface area contributed by atoms with Crippen molar-refractivity contribution >= 4 is 23.2 Å². The third kappa shape index (κ3) is 4.34. The average molecular weight is 275 g/mol. The summed E-state index contributed by atoms with van der Waals surface area (Å²) in [5.41, 5.74) is 0.873. The summed E-state index contributed by atoms with van der Waals surface area (Å²) in [6, 6.07) is 10.6. The molecule has 5 nitrogen and oxygen atoms in total. The standard InChI is InChI=1S/C13H11ClN4O/c14-5-6-17-13(19)11(8-16)9-18-12-4-2-1-3-10(12)7-15/h1-4,9,18H,5-6H2,(H,17,19)/b11-9-. The van der Waals surface area contributed by atoms with Crippen LogP contribution in [0.5, 0.6) is 0 Å². The number of nitrogens with one attached hydrogen (secondary N) is 2. The first kappa shape index (κ1) is 14.6. The van der Waals surface area contributed by atoms with Crippen molar-refractivity contribution in [3.05, 3.63) is 41.6 Å². The Morgan fingerprint density at radius 2 is 2.11 bits per heavy atom. The van der Waals surface area contributed by atoms with Crippen LogP contribution in [-0.4, -0.2) is 18.3 Å². The number of alkyl halides is 1. The molecule has 0 bridgehead atoms. The van der Waals surface area contributed by atoms with E-state index in [4.69, 9.17) is 22.1 Å². The van der Waals surface area contributed by atoms with E-state index in [-0.39, 0.29) is 18.0 Å². The van der Waals surface area contributed by atoms with E-state index in [2.05, 4.69) is 10.6 Å². The highest BCUT2D eigenvalue weighted by Gasteiger charge is 2.08. The minimum Gasteiger partial charge on any atom is -0.359 e. The molecule has 2 N–H and O–H groups in total. The van der Waals surface area contributed by atoms with Gasteiger partial charge < -0.3 is 10.6 Å². The van der Waals surface area contributed by atoms with Gasteiger partial charge in [0, 0.05) is 18.6 Å². The molecular formula is C13H11ClN4O. The van der Waals surface area contributed by atoms with Crippen LogP contribution in [0.25, 0.3) is 0 Å². The van der Waals surface area contributed by atoms with Crippen molar-refractivity contribution in [2.45, 2.75) is 0 Å². The second kappa shape index (κ2) is 7.75. The van der Waals surface area contributed by atoms with Crippen LogP contribution in [-0.2, 0) is 4.79 Å². The number of halogens is 1. The summed E-state index contributed by atoms with van der Waals surface area (Å²) in [4.78, 5) is 11.5. The smallest absolute Gasteiger partial charge is 0.263 e. The third-order valence-electron chi connectivity index (χ3n) is 2.16. The number of nitriles is 2. The minimum atomic E-state index is -0.509. The number of carbonyl (C=O) groups is 1. The van der Waals surface area contributed by atoms with Crippen molar-refractivity contribution < 1.29 is 4.79 Å². The molecule has 0 unspecified atom stereocenters. The average Bonchev–Trinajstić information content (AvgIpc) is 2.46. The Bertz CT molecular complexity index is 569. The van der Waals surface area contributed by atoms with E-state index in [1.807, 2.05) is 6.07 Å². The molecule has 0 aliphatic rings. The lowest BCUT2D eigenvalue weighted by Gasteiger charge is -2.04. The van der Waals surface area contributed by atoms with Gasteiger partial charge >= 0.3 is 0 Å². The Morgan fingerprint density at radius 3 is 2.74 bits per heavy atom. The number of hydrogen-bond acceptors (Lipinski definition) is 4. The molecule has 0 saturated heterocycles. The summed E-state index contributed by atoms with van der Waals surface area (Å²) in [6.07, 6.45) is 1.26. The Balaban J connectivity index is 2.81. The highest BCUT2D eigenvalue weighted by Crippen LogP contribution is 2.13. The Kier molecular flexibility index (Phi) is 5.94. The maximum Gasteiger partial charge on any atom is 0.263 e. The molecule has 0 spiro atoms. The minimum absolute atomic E-state index is 0.0853. The Morgan fingerprint density at radius 1 is 1.37 bits per heavy atom. The number of rotatable bonds is 5. The molecule has 0 radical (unpaired) electrons. The number of benzene rings is 1. The lowest BCUT2D eigenvalue weighted by Crippen LogP contribution is -2.26. The summed E-state index contributed by atoms with van der Waals surface area (Å²) in [7, 11) is 0. The molecule has 0 aliphatic heterocycles. The van der Waals surface area contributed by atoms with E-state index in [1.165, 1.54) is 6.20 Å². The molecule has 0 atom stereocenters. The number of anilines is 1. The van der Waals surface area contributed by atoms with Crippen LogP contribution in [0, 0.1) is 22.7 Å². The Hall–Kier alpha value is -2.50.